The van der Waals surface area contributed by atoms with Crippen LogP contribution in [0.5, 0.6) is 0 Å². The van der Waals surface area contributed by atoms with Crippen LogP contribution < -0.4 is 10.6 Å². The Kier molecular flexibility index (Phi) is 7.44. The number of rotatable bonds is 7. The maximum absolute atomic E-state index is 12.6. The van der Waals surface area contributed by atoms with Crippen LogP contribution in [-0.2, 0) is 14.3 Å². The van der Waals surface area contributed by atoms with Crippen LogP contribution >= 0.6 is 0 Å². The molecule has 138 valence electrons. The fraction of sp³-hybridized carbons (Fsp3) is 0.600. The molecule has 2 rings (SSSR count). The third kappa shape index (κ3) is 5.56. The largest absolute Gasteiger partial charge is 0.385 e. The summed E-state index contributed by atoms with van der Waals surface area (Å²) in [4.78, 5) is 24.7. The average molecular weight is 346 g/mol. The molecular formula is C20H30N2O3. The molecule has 2 N–H and O–H groups in total. The zero-order chi connectivity index (χ0) is 18.2. The summed E-state index contributed by atoms with van der Waals surface area (Å²) in [7, 11) is 1.66. The van der Waals surface area contributed by atoms with Crippen LogP contribution in [-0.4, -0.2) is 32.1 Å². The van der Waals surface area contributed by atoms with Crippen LogP contribution in [0.15, 0.2) is 18.2 Å². The van der Waals surface area contributed by atoms with Gasteiger partial charge in [0.15, 0.2) is 0 Å². The molecule has 0 radical (unpaired) electrons. The lowest BCUT2D eigenvalue weighted by atomic mass is 9.81. The topological polar surface area (TPSA) is 67.4 Å². The SMILES string of the molecule is COCCCNC(=O)C1CCC(C(=O)Nc2c(C)cccc2C)CC1. The average Bonchev–Trinajstić information content (AvgIpc) is 2.62. The molecule has 5 nitrogen and oxygen atoms in total. The predicted octanol–water partition coefficient (Wildman–Crippen LogP) is 3.20. The first-order valence-electron chi connectivity index (χ1n) is 9.16. The number of amides is 2. The van der Waals surface area contributed by atoms with Gasteiger partial charge in [0.25, 0.3) is 0 Å². The van der Waals surface area contributed by atoms with E-state index in [0.29, 0.717) is 13.2 Å². The summed E-state index contributed by atoms with van der Waals surface area (Å²) >= 11 is 0. The fourth-order valence-electron chi connectivity index (χ4n) is 3.43. The minimum Gasteiger partial charge on any atom is -0.385 e. The van der Waals surface area contributed by atoms with Gasteiger partial charge in [-0.1, -0.05) is 18.2 Å². The first-order valence-corrected chi connectivity index (χ1v) is 9.16. The highest BCUT2D eigenvalue weighted by Gasteiger charge is 2.30. The van der Waals surface area contributed by atoms with Gasteiger partial charge in [0, 0.05) is 37.8 Å². The molecule has 0 atom stereocenters. The molecule has 1 aliphatic rings. The third-order valence-corrected chi connectivity index (χ3v) is 5.02. The number of hydrogen-bond acceptors (Lipinski definition) is 3. The summed E-state index contributed by atoms with van der Waals surface area (Å²) in [6, 6.07) is 6.01. The van der Waals surface area contributed by atoms with Crippen LogP contribution in [0.1, 0.15) is 43.2 Å². The number of methoxy groups -OCH3 is 1. The van der Waals surface area contributed by atoms with Gasteiger partial charge in [0.05, 0.1) is 0 Å². The number of aryl methyl sites for hydroxylation is 2. The van der Waals surface area contributed by atoms with Crippen LogP contribution in [0.2, 0.25) is 0 Å². The molecule has 0 aliphatic heterocycles. The van der Waals surface area contributed by atoms with E-state index in [0.717, 1.165) is 48.9 Å². The Morgan fingerprint density at radius 2 is 1.60 bits per heavy atom. The lowest BCUT2D eigenvalue weighted by Crippen LogP contribution is -2.36. The van der Waals surface area contributed by atoms with E-state index in [-0.39, 0.29) is 23.7 Å². The van der Waals surface area contributed by atoms with Gasteiger partial charge in [-0.25, -0.2) is 0 Å². The Morgan fingerprint density at radius 1 is 1.04 bits per heavy atom. The molecule has 5 heteroatoms. The first kappa shape index (κ1) is 19.4. The minimum atomic E-state index is -0.00320. The van der Waals surface area contributed by atoms with Gasteiger partial charge in [-0.15, -0.1) is 0 Å². The van der Waals surface area contributed by atoms with Gasteiger partial charge >= 0.3 is 0 Å². The zero-order valence-corrected chi connectivity index (χ0v) is 15.6. The summed E-state index contributed by atoms with van der Waals surface area (Å²) in [6.45, 7) is 5.33. The predicted molar refractivity (Wildman–Crippen MR) is 99.5 cm³/mol. The molecule has 0 heterocycles. The van der Waals surface area contributed by atoms with Crippen molar-refractivity contribution in [3.8, 4) is 0 Å². The standard InChI is InChI=1S/C20H30N2O3/c1-14-6-4-7-15(2)18(14)22-20(24)17-10-8-16(9-11-17)19(23)21-12-5-13-25-3/h4,6-7,16-17H,5,8-13H2,1-3H3,(H,21,23)(H,22,24). The number of nitrogens with one attached hydrogen (secondary N) is 2. The van der Waals surface area contributed by atoms with Gasteiger partial charge in [0.1, 0.15) is 0 Å². The molecule has 1 aromatic rings. The molecule has 25 heavy (non-hydrogen) atoms. The molecular weight excluding hydrogens is 316 g/mol. The van der Waals surface area contributed by atoms with E-state index >= 15 is 0 Å². The second-order valence-corrected chi connectivity index (χ2v) is 6.94. The lowest BCUT2D eigenvalue weighted by Gasteiger charge is -2.27. The number of carbonyl (C=O) groups excluding carboxylic acids is 2. The molecule has 1 aromatic carbocycles. The van der Waals surface area contributed by atoms with Crippen molar-refractivity contribution in [1.29, 1.82) is 0 Å². The second kappa shape index (κ2) is 9.56. The fourth-order valence-corrected chi connectivity index (χ4v) is 3.43. The van der Waals surface area contributed by atoms with Crippen molar-refractivity contribution in [3.63, 3.8) is 0 Å². The van der Waals surface area contributed by atoms with Crippen LogP contribution in [0.25, 0.3) is 0 Å². The number of ether oxygens (including phenoxy) is 1. The van der Waals surface area contributed by atoms with E-state index in [1.807, 2.05) is 32.0 Å². The maximum Gasteiger partial charge on any atom is 0.227 e. The van der Waals surface area contributed by atoms with Crippen molar-refractivity contribution >= 4 is 17.5 Å². The van der Waals surface area contributed by atoms with Gasteiger partial charge in [-0.2, -0.15) is 0 Å². The van der Waals surface area contributed by atoms with Crippen LogP contribution in [0.3, 0.4) is 0 Å². The van der Waals surface area contributed by atoms with Crippen molar-refractivity contribution < 1.29 is 14.3 Å². The van der Waals surface area contributed by atoms with Crippen molar-refractivity contribution in [2.24, 2.45) is 11.8 Å². The molecule has 1 aliphatic carbocycles. The van der Waals surface area contributed by atoms with Crippen molar-refractivity contribution in [2.45, 2.75) is 46.0 Å². The van der Waals surface area contributed by atoms with Gasteiger partial charge in [0.2, 0.25) is 11.8 Å². The Labute approximate surface area is 150 Å². The number of benzene rings is 1. The Morgan fingerprint density at radius 3 is 2.16 bits per heavy atom. The van der Waals surface area contributed by atoms with E-state index in [9.17, 15) is 9.59 Å². The highest BCUT2D eigenvalue weighted by Crippen LogP contribution is 2.30. The monoisotopic (exact) mass is 346 g/mol. The summed E-state index contributed by atoms with van der Waals surface area (Å²) in [6.07, 6.45) is 3.93. The van der Waals surface area contributed by atoms with E-state index < -0.39 is 0 Å². The first-order chi connectivity index (χ1) is 12.0. The molecule has 1 fully saturated rings. The summed E-state index contributed by atoms with van der Waals surface area (Å²) in [5.74, 6) is 0.226. The van der Waals surface area contributed by atoms with E-state index in [4.69, 9.17) is 4.74 Å². The third-order valence-electron chi connectivity index (χ3n) is 5.02. The molecule has 0 spiro atoms. The van der Waals surface area contributed by atoms with Crippen molar-refractivity contribution in [2.75, 3.05) is 25.6 Å². The smallest absolute Gasteiger partial charge is 0.227 e. The van der Waals surface area contributed by atoms with Crippen molar-refractivity contribution in [3.05, 3.63) is 29.3 Å². The maximum atomic E-state index is 12.6. The molecule has 0 bridgehead atoms. The summed E-state index contributed by atoms with van der Waals surface area (Å²) < 4.78 is 4.98. The number of anilines is 1. The highest BCUT2D eigenvalue weighted by atomic mass is 16.5. The minimum absolute atomic E-state index is 0.00320. The Bertz CT molecular complexity index is 572. The van der Waals surface area contributed by atoms with Gasteiger partial charge in [-0.05, 0) is 57.1 Å². The molecule has 1 saturated carbocycles. The second-order valence-electron chi connectivity index (χ2n) is 6.94. The van der Waals surface area contributed by atoms with Gasteiger partial charge in [-0.3, -0.25) is 9.59 Å². The molecule has 0 unspecified atom stereocenters. The summed E-state index contributed by atoms with van der Waals surface area (Å²) in [5.41, 5.74) is 3.08. The Balaban J connectivity index is 1.79. The van der Waals surface area contributed by atoms with E-state index in [2.05, 4.69) is 10.6 Å². The number of para-hydroxylation sites is 1. The lowest BCUT2D eigenvalue weighted by molar-refractivity contribution is -0.128. The number of carbonyl (C=O) groups is 2. The number of hydrogen-bond donors (Lipinski definition) is 2. The molecule has 2 amide bonds. The van der Waals surface area contributed by atoms with E-state index in [1.165, 1.54) is 0 Å². The Hall–Kier alpha value is -1.88. The molecule has 0 aromatic heterocycles. The quantitative estimate of drug-likeness (QED) is 0.745. The van der Waals surface area contributed by atoms with Gasteiger partial charge < -0.3 is 15.4 Å². The zero-order valence-electron chi connectivity index (χ0n) is 15.6. The molecule has 0 saturated heterocycles. The van der Waals surface area contributed by atoms with Crippen LogP contribution in [0.4, 0.5) is 5.69 Å². The van der Waals surface area contributed by atoms with E-state index in [1.54, 1.807) is 7.11 Å². The highest BCUT2D eigenvalue weighted by molar-refractivity contribution is 5.94. The normalized spacial score (nSPS) is 20.1. The van der Waals surface area contributed by atoms with Crippen LogP contribution in [0, 0.1) is 25.7 Å². The van der Waals surface area contributed by atoms with Crippen molar-refractivity contribution in [1.82, 2.24) is 5.32 Å². The summed E-state index contributed by atoms with van der Waals surface area (Å²) in [5, 5.41) is 6.05.